The van der Waals surface area contributed by atoms with Gasteiger partial charge in [0.1, 0.15) is 12.1 Å². The molecule has 0 bridgehead atoms. The predicted molar refractivity (Wildman–Crippen MR) is 97.4 cm³/mol. The van der Waals surface area contributed by atoms with Crippen molar-refractivity contribution in [1.82, 2.24) is 15.1 Å². The highest BCUT2D eigenvalue weighted by molar-refractivity contribution is 6.09. The molecule has 0 unspecified atom stereocenters. The second kappa shape index (κ2) is 7.09. The van der Waals surface area contributed by atoms with Gasteiger partial charge in [-0.3, -0.25) is 14.5 Å². The molecule has 2 aliphatic rings. The lowest BCUT2D eigenvalue weighted by molar-refractivity contribution is -0.138. The van der Waals surface area contributed by atoms with Gasteiger partial charge in [0.15, 0.2) is 11.5 Å². The summed E-state index contributed by atoms with van der Waals surface area (Å²) >= 11 is 0. The molecule has 8 heteroatoms. The van der Waals surface area contributed by atoms with Gasteiger partial charge < -0.3 is 19.7 Å². The number of methoxy groups -OCH3 is 2. The molecule has 8 nitrogen and oxygen atoms in total. The molecule has 1 aliphatic carbocycles. The van der Waals surface area contributed by atoms with Gasteiger partial charge in [-0.1, -0.05) is 12.1 Å². The number of para-hydroxylation sites is 1. The number of hydrogen-bond acceptors (Lipinski definition) is 5. The molecular weight excluding hydrogens is 350 g/mol. The molecule has 1 saturated carbocycles. The zero-order valence-corrected chi connectivity index (χ0v) is 16.1. The summed E-state index contributed by atoms with van der Waals surface area (Å²) in [6, 6.07) is 4.92. The Morgan fingerprint density at radius 1 is 1.30 bits per heavy atom. The highest BCUT2D eigenvalue weighted by Gasteiger charge is 2.56. The first kappa shape index (κ1) is 19.0. The zero-order chi connectivity index (χ0) is 19.8. The maximum Gasteiger partial charge on any atom is 0.325 e. The fraction of sp³-hybridized carbons (Fsp3) is 0.526. The van der Waals surface area contributed by atoms with E-state index in [2.05, 4.69) is 5.32 Å². The van der Waals surface area contributed by atoms with Gasteiger partial charge >= 0.3 is 6.03 Å². The topological polar surface area (TPSA) is 88.2 Å². The lowest BCUT2D eigenvalue weighted by Crippen LogP contribution is -2.47. The molecule has 0 aromatic heterocycles. The van der Waals surface area contributed by atoms with Crippen LogP contribution in [0, 0.1) is 5.92 Å². The highest BCUT2D eigenvalue weighted by Crippen LogP contribution is 2.42. The zero-order valence-electron chi connectivity index (χ0n) is 16.1. The first-order chi connectivity index (χ1) is 12.8. The minimum atomic E-state index is -0.883. The molecule has 1 aromatic carbocycles. The van der Waals surface area contributed by atoms with Gasteiger partial charge in [-0.15, -0.1) is 0 Å². The number of amides is 4. The van der Waals surface area contributed by atoms with Crippen molar-refractivity contribution in [3.05, 3.63) is 23.8 Å². The van der Waals surface area contributed by atoms with E-state index < -0.39 is 11.6 Å². The summed E-state index contributed by atoms with van der Waals surface area (Å²) in [5, 5.41) is 2.75. The van der Waals surface area contributed by atoms with Crippen molar-refractivity contribution in [2.24, 2.45) is 5.92 Å². The Morgan fingerprint density at radius 2 is 2.00 bits per heavy atom. The second-order valence-corrected chi connectivity index (χ2v) is 7.20. The third kappa shape index (κ3) is 3.43. The molecule has 1 aromatic rings. The van der Waals surface area contributed by atoms with Crippen LogP contribution in [0.1, 0.15) is 25.3 Å². The summed E-state index contributed by atoms with van der Waals surface area (Å²) in [7, 11) is 4.71. The number of ether oxygens (including phenoxy) is 2. The van der Waals surface area contributed by atoms with Crippen LogP contribution in [0.15, 0.2) is 18.2 Å². The number of nitrogens with one attached hydrogen (secondary N) is 1. The molecule has 1 heterocycles. The first-order valence-electron chi connectivity index (χ1n) is 8.89. The van der Waals surface area contributed by atoms with E-state index in [0.717, 1.165) is 23.3 Å². The maximum absolute atomic E-state index is 12.7. The van der Waals surface area contributed by atoms with Gasteiger partial charge in [0.2, 0.25) is 5.91 Å². The Bertz CT molecular complexity index is 777. The molecule has 2 fully saturated rings. The van der Waals surface area contributed by atoms with Gasteiger partial charge in [-0.05, 0) is 31.7 Å². The molecule has 146 valence electrons. The van der Waals surface area contributed by atoms with E-state index >= 15 is 0 Å². The lowest BCUT2D eigenvalue weighted by Gasteiger charge is -2.23. The van der Waals surface area contributed by atoms with Gasteiger partial charge in [-0.25, -0.2) is 4.79 Å². The third-order valence-corrected chi connectivity index (χ3v) is 5.31. The summed E-state index contributed by atoms with van der Waals surface area (Å²) < 4.78 is 10.7. The van der Waals surface area contributed by atoms with Gasteiger partial charge in [0, 0.05) is 19.2 Å². The SMILES string of the molecule is COc1cccc(CN(C)C(=O)CN2C(=O)N[C@](C)(C3CC3)C2=O)c1OC. The van der Waals surface area contributed by atoms with Gasteiger partial charge in [-0.2, -0.15) is 0 Å². The number of urea groups is 1. The van der Waals surface area contributed by atoms with Crippen LogP contribution in [-0.4, -0.2) is 61.0 Å². The number of carbonyl (C=O) groups excluding carboxylic acids is 3. The molecule has 0 radical (unpaired) electrons. The Labute approximate surface area is 158 Å². The lowest BCUT2D eigenvalue weighted by atomic mass is 9.96. The average molecular weight is 375 g/mol. The van der Waals surface area contributed by atoms with Crippen molar-refractivity contribution < 1.29 is 23.9 Å². The Hall–Kier alpha value is -2.77. The van der Waals surface area contributed by atoms with Gasteiger partial charge in [0.25, 0.3) is 5.91 Å². The molecule has 1 aliphatic heterocycles. The first-order valence-corrected chi connectivity index (χ1v) is 8.89. The largest absolute Gasteiger partial charge is 0.493 e. The second-order valence-electron chi connectivity index (χ2n) is 7.20. The minimum Gasteiger partial charge on any atom is -0.493 e. The summed E-state index contributed by atoms with van der Waals surface area (Å²) in [6.07, 6.45) is 1.83. The molecule has 27 heavy (non-hydrogen) atoms. The van der Waals surface area contributed by atoms with Crippen LogP contribution < -0.4 is 14.8 Å². The van der Waals surface area contributed by atoms with Crippen molar-refractivity contribution in [1.29, 1.82) is 0 Å². The van der Waals surface area contributed by atoms with E-state index in [1.54, 1.807) is 27.1 Å². The van der Waals surface area contributed by atoms with Crippen molar-refractivity contribution in [3.63, 3.8) is 0 Å². The monoisotopic (exact) mass is 375 g/mol. The number of likely N-dealkylation sites (N-methyl/N-ethyl adjacent to an activating group) is 1. The molecule has 4 amide bonds. The molecular formula is C19H25N3O5. The number of nitrogens with zero attached hydrogens (tertiary/aromatic N) is 2. The van der Waals surface area contributed by atoms with E-state index in [-0.39, 0.29) is 30.8 Å². The van der Waals surface area contributed by atoms with Crippen LogP contribution in [0.25, 0.3) is 0 Å². The highest BCUT2D eigenvalue weighted by atomic mass is 16.5. The number of hydrogen-bond donors (Lipinski definition) is 1. The molecule has 0 spiro atoms. The number of carbonyl (C=O) groups is 3. The smallest absolute Gasteiger partial charge is 0.325 e. The maximum atomic E-state index is 12.7. The van der Waals surface area contributed by atoms with Crippen molar-refractivity contribution >= 4 is 17.8 Å². The van der Waals surface area contributed by atoms with Gasteiger partial charge in [0.05, 0.1) is 14.2 Å². The Kier molecular flexibility index (Phi) is 4.99. The van der Waals surface area contributed by atoms with Crippen LogP contribution in [0.3, 0.4) is 0 Å². The van der Waals surface area contributed by atoms with E-state index in [0.29, 0.717) is 11.5 Å². The van der Waals surface area contributed by atoms with Crippen LogP contribution in [0.2, 0.25) is 0 Å². The summed E-state index contributed by atoms with van der Waals surface area (Å²) in [5.41, 5.74) is -0.112. The molecule has 1 atom stereocenters. The summed E-state index contributed by atoms with van der Waals surface area (Å²) in [4.78, 5) is 40.0. The molecule has 1 N–H and O–H groups in total. The fourth-order valence-electron chi connectivity index (χ4n) is 3.47. The van der Waals surface area contributed by atoms with Crippen LogP contribution in [0.4, 0.5) is 4.79 Å². The number of benzene rings is 1. The van der Waals surface area contributed by atoms with E-state index in [1.807, 2.05) is 12.1 Å². The normalized spacial score (nSPS) is 21.9. The Morgan fingerprint density at radius 3 is 2.59 bits per heavy atom. The molecule has 1 saturated heterocycles. The fourth-order valence-corrected chi connectivity index (χ4v) is 3.47. The number of rotatable bonds is 7. The summed E-state index contributed by atoms with van der Waals surface area (Å²) in [6.45, 7) is 1.72. The minimum absolute atomic E-state index is 0.160. The van der Waals surface area contributed by atoms with Crippen molar-refractivity contribution in [2.45, 2.75) is 31.8 Å². The van der Waals surface area contributed by atoms with Crippen LogP contribution >= 0.6 is 0 Å². The number of imide groups is 1. The predicted octanol–water partition coefficient (Wildman–Crippen LogP) is 1.38. The van der Waals surface area contributed by atoms with Crippen LogP contribution in [-0.2, 0) is 16.1 Å². The Balaban J connectivity index is 1.68. The quantitative estimate of drug-likeness (QED) is 0.728. The van der Waals surface area contributed by atoms with E-state index in [9.17, 15) is 14.4 Å². The summed E-state index contributed by atoms with van der Waals surface area (Å²) in [5.74, 6) is 0.632. The standard InChI is InChI=1S/C19H25N3O5/c1-19(13-8-9-13)17(24)22(18(25)20-19)11-15(23)21(2)10-12-6-5-7-14(26-3)16(12)27-4/h5-7,13H,8-11H2,1-4H3,(H,20,25)/t19-/m1/s1. The van der Waals surface area contributed by atoms with E-state index in [4.69, 9.17) is 9.47 Å². The van der Waals surface area contributed by atoms with E-state index in [1.165, 1.54) is 12.0 Å². The van der Waals surface area contributed by atoms with Crippen molar-refractivity contribution in [2.75, 3.05) is 27.8 Å². The van der Waals surface area contributed by atoms with Crippen molar-refractivity contribution in [3.8, 4) is 11.5 Å². The van der Waals surface area contributed by atoms with Crippen LogP contribution in [0.5, 0.6) is 11.5 Å². The third-order valence-electron chi connectivity index (χ3n) is 5.31. The molecule has 3 rings (SSSR count). The average Bonchev–Trinajstić information content (AvgIpc) is 3.47.